The monoisotopic (exact) mass is 369 g/mol. The van der Waals surface area contributed by atoms with E-state index in [4.69, 9.17) is 0 Å². The summed E-state index contributed by atoms with van der Waals surface area (Å²) in [5, 5.41) is 0.899. The first kappa shape index (κ1) is 17.7. The zero-order chi connectivity index (χ0) is 17.8. The van der Waals surface area contributed by atoms with Gasteiger partial charge in [0.1, 0.15) is 5.01 Å². The average Bonchev–Trinajstić information content (AvgIpc) is 3.10. The number of rotatable bonds is 4. The van der Waals surface area contributed by atoms with Gasteiger partial charge in [-0.2, -0.15) is 0 Å². The summed E-state index contributed by atoms with van der Waals surface area (Å²) in [6.45, 7) is 4.93. The zero-order valence-electron chi connectivity index (χ0n) is 15.3. The van der Waals surface area contributed by atoms with Crippen LogP contribution < -0.4 is 0 Å². The van der Waals surface area contributed by atoms with Crippen molar-refractivity contribution >= 4 is 33.5 Å². The second kappa shape index (κ2) is 8.31. The molecule has 2 heterocycles. The molecule has 1 aliphatic carbocycles. The molecule has 0 atom stereocenters. The number of para-hydroxylation sites is 1. The Morgan fingerprint density at radius 2 is 1.88 bits per heavy atom. The fraction of sp³-hybridized carbons (Fsp3) is 0.524. The molecule has 0 radical (unpaired) electrons. The van der Waals surface area contributed by atoms with Crippen molar-refractivity contribution in [1.82, 2.24) is 14.8 Å². The van der Waals surface area contributed by atoms with E-state index in [1.165, 1.54) is 38.6 Å². The molecule has 1 aliphatic heterocycles. The number of thiazole rings is 1. The van der Waals surface area contributed by atoms with Gasteiger partial charge in [-0.1, -0.05) is 31.4 Å². The van der Waals surface area contributed by atoms with Gasteiger partial charge in [0.15, 0.2) is 0 Å². The standard InChI is InChI=1S/C21H27N3OS/c25-21(11-10-20-22-18-8-4-5-9-19(18)26-20)24-14-12-23(13-15-24)16-17-6-2-1-3-7-17/h4-5,8-11,17H,1-3,6-7,12-16H2/b11-10+. The van der Waals surface area contributed by atoms with Crippen molar-refractivity contribution in [3.05, 3.63) is 35.3 Å². The van der Waals surface area contributed by atoms with E-state index in [1.54, 1.807) is 17.4 Å². The molecule has 0 spiro atoms. The van der Waals surface area contributed by atoms with Crippen molar-refractivity contribution in [3.63, 3.8) is 0 Å². The van der Waals surface area contributed by atoms with Crippen LogP contribution in [0.4, 0.5) is 0 Å². The number of hydrogen-bond acceptors (Lipinski definition) is 4. The zero-order valence-corrected chi connectivity index (χ0v) is 16.1. The van der Waals surface area contributed by atoms with Crippen LogP contribution in [0.2, 0.25) is 0 Å². The van der Waals surface area contributed by atoms with Gasteiger partial charge < -0.3 is 4.90 Å². The SMILES string of the molecule is O=C(/C=C/c1nc2ccccc2s1)N1CCN(CC2CCCCC2)CC1. The molecule has 26 heavy (non-hydrogen) atoms. The minimum atomic E-state index is 0.113. The Kier molecular flexibility index (Phi) is 5.65. The predicted molar refractivity (Wildman–Crippen MR) is 108 cm³/mol. The molecule has 0 bridgehead atoms. The normalized spacial score (nSPS) is 20.2. The quantitative estimate of drug-likeness (QED) is 0.764. The molecule has 2 aromatic rings. The highest BCUT2D eigenvalue weighted by Crippen LogP contribution is 2.25. The largest absolute Gasteiger partial charge is 0.337 e. The second-order valence-corrected chi connectivity index (χ2v) is 8.55. The molecule has 4 nitrogen and oxygen atoms in total. The van der Waals surface area contributed by atoms with Crippen LogP contribution in [0.1, 0.15) is 37.1 Å². The first-order valence-electron chi connectivity index (χ1n) is 9.83. The average molecular weight is 370 g/mol. The second-order valence-electron chi connectivity index (χ2n) is 7.48. The summed E-state index contributed by atoms with van der Waals surface area (Å²) in [6.07, 6.45) is 10.6. The fourth-order valence-electron chi connectivity index (χ4n) is 4.10. The van der Waals surface area contributed by atoms with E-state index in [0.717, 1.165) is 47.3 Å². The summed E-state index contributed by atoms with van der Waals surface area (Å²) in [5.41, 5.74) is 1.00. The predicted octanol–water partition coefficient (Wildman–Crippen LogP) is 4.03. The van der Waals surface area contributed by atoms with E-state index in [-0.39, 0.29) is 5.91 Å². The van der Waals surface area contributed by atoms with Crippen molar-refractivity contribution < 1.29 is 4.79 Å². The number of benzene rings is 1. The third-order valence-corrected chi connectivity index (χ3v) is 6.61. The highest BCUT2D eigenvalue weighted by atomic mass is 32.1. The lowest BCUT2D eigenvalue weighted by Gasteiger charge is -2.36. The number of carbonyl (C=O) groups excluding carboxylic acids is 1. The van der Waals surface area contributed by atoms with Crippen LogP contribution in [0.15, 0.2) is 30.3 Å². The number of amides is 1. The third-order valence-electron chi connectivity index (χ3n) is 5.60. The van der Waals surface area contributed by atoms with Crippen LogP contribution in [0, 0.1) is 5.92 Å². The van der Waals surface area contributed by atoms with Gasteiger partial charge in [0, 0.05) is 38.8 Å². The molecule has 1 aromatic carbocycles. The van der Waals surface area contributed by atoms with Gasteiger partial charge >= 0.3 is 0 Å². The summed E-state index contributed by atoms with van der Waals surface area (Å²) in [7, 11) is 0. The highest BCUT2D eigenvalue weighted by molar-refractivity contribution is 7.19. The molecule has 138 valence electrons. The molecule has 1 amide bonds. The molecule has 4 rings (SSSR count). The maximum absolute atomic E-state index is 12.5. The Bertz CT molecular complexity index is 737. The molecular weight excluding hydrogens is 342 g/mol. The maximum Gasteiger partial charge on any atom is 0.246 e. The van der Waals surface area contributed by atoms with Gasteiger partial charge in [-0.25, -0.2) is 4.98 Å². The smallest absolute Gasteiger partial charge is 0.246 e. The minimum Gasteiger partial charge on any atom is -0.337 e. The highest BCUT2D eigenvalue weighted by Gasteiger charge is 2.23. The number of nitrogens with zero attached hydrogens (tertiary/aromatic N) is 3. The van der Waals surface area contributed by atoms with Crippen LogP contribution in [0.5, 0.6) is 0 Å². The van der Waals surface area contributed by atoms with Crippen LogP contribution in [-0.4, -0.2) is 53.4 Å². The number of carbonyl (C=O) groups is 1. The van der Waals surface area contributed by atoms with Gasteiger partial charge in [-0.3, -0.25) is 9.69 Å². The summed E-state index contributed by atoms with van der Waals surface area (Å²) in [4.78, 5) is 21.6. The van der Waals surface area contributed by atoms with Gasteiger partial charge in [-0.05, 0) is 37.0 Å². The van der Waals surface area contributed by atoms with Crippen LogP contribution >= 0.6 is 11.3 Å². The fourth-order valence-corrected chi connectivity index (χ4v) is 4.97. The Hall–Kier alpha value is -1.72. The van der Waals surface area contributed by atoms with Crippen molar-refractivity contribution in [2.75, 3.05) is 32.7 Å². The number of fused-ring (bicyclic) bond motifs is 1. The van der Waals surface area contributed by atoms with Crippen LogP contribution in [0.25, 0.3) is 16.3 Å². The molecule has 1 aromatic heterocycles. The summed E-state index contributed by atoms with van der Waals surface area (Å²) >= 11 is 1.63. The van der Waals surface area contributed by atoms with Gasteiger partial charge in [0.25, 0.3) is 0 Å². The lowest BCUT2D eigenvalue weighted by Crippen LogP contribution is -2.49. The number of aromatic nitrogens is 1. The van der Waals surface area contributed by atoms with Crippen LogP contribution in [0.3, 0.4) is 0 Å². The Morgan fingerprint density at radius 3 is 2.65 bits per heavy atom. The van der Waals surface area contributed by atoms with Gasteiger partial charge in [-0.15, -0.1) is 11.3 Å². The van der Waals surface area contributed by atoms with Crippen molar-refractivity contribution in [1.29, 1.82) is 0 Å². The van der Waals surface area contributed by atoms with Gasteiger partial charge in [0.2, 0.25) is 5.91 Å². The molecular formula is C21H27N3OS. The molecule has 2 aliphatic rings. The molecule has 2 fully saturated rings. The molecule has 0 N–H and O–H groups in total. The van der Waals surface area contributed by atoms with Crippen molar-refractivity contribution in [2.24, 2.45) is 5.92 Å². The minimum absolute atomic E-state index is 0.113. The molecule has 1 saturated carbocycles. The summed E-state index contributed by atoms with van der Waals surface area (Å²) < 4.78 is 1.16. The van der Waals surface area contributed by atoms with E-state index in [9.17, 15) is 4.79 Å². The number of piperazine rings is 1. The molecule has 0 unspecified atom stereocenters. The Balaban J connectivity index is 1.27. The molecule has 5 heteroatoms. The Morgan fingerprint density at radius 1 is 1.12 bits per heavy atom. The van der Waals surface area contributed by atoms with Crippen molar-refractivity contribution in [3.8, 4) is 0 Å². The van der Waals surface area contributed by atoms with Gasteiger partial charge in [0.05, 0.1) is 10.2 Å². The first-order chi connectivity index (χ1) is 12.8. The summed E-state index contributed by atoms with van der Waals surface area (Å²) in [5.74, 6) is 0.992. The van der Waals surface area contributed by atoms with E-state index in [0.29, 0.717) is 0 Å². The summed E-state index contributed by atoms with van der Waals surface area (Å²) in [6, 6.07) is 8.09. The van der Waals surface area contributed by atoms with Crippen molar-refractivity contribution in [2.45, 2.75) is 32.1 Å². The van der Waals surface area contributed by atoms with E-state index >= 15 is 0 Å². The first-order valence-corrected chi connectivity index (χ1v) is 10.6. The van der Waals surface area contributed by atoms with E-state index in [1.807, 2.05) is 29.2 Å². The third kappa shape index (κ3) is 4.33. The van der Waals surface area contributed by atoms with E-state index in [2.05, 4.69) is 16.0 Å². The lowest BCUT2D eigenvalue weighted by molar-refractivity contribution is -0.127. The van der Waals surface area contributed by atoms with E-state index < -0.39 is 0 Å². The molecule has 1 saturated heterocycles. The maximum atomic E-state index is 12.5. The van der Waals surface area contributed by atoms with Crippen LogP contribution in [-0.2, 0) is 4.79 Å². The number of hydrogen-bond donors (Lipinski definition) is 0. The topological polar surface area (TPSA) is 36.4 Å². The lowest BCUT2D eigenvalue weighted by atomic mass is 9.89. The Labute approximate surface area is 159 Å².